The van der Waals surface area contributed by atoms with Crippen LogP contribution in [0, 0.1) is 6.92 Å². The van der Waals surface area contributed by atoms with Crippen molar-refractivity contribution in [1.82, 2.24) is 0 Å². The minimum Gasteiger partial charge on any atom is -0.364 e. The van der Waals surface area contributed by atoms with Crippen molar-refractivity contribution in [3.8, 4) is 0 Å². The van der Waals surface area contributed by atoms with Crippen molar-refractivity contribution in [3.05, 3.63) is 28.8 Å². The number of hydrogen-bond acceptors (Lipinski definition) is 2. The van der Waals surface area contributed by atoms with Gasteiger partial charge in [0.1, 0.15) is 25.3 Å². The Morgan fingerprint density at radius 2 is 2.05 bits per heavy atom. The zero-order valence-corrected chi connectivity index (χ0v) is 13.0. The average molecular weight is 298 g/mol. The molecule has 0 radical (unpaired) electrons. The highest BCUT2D eigenvalue weighted by molar-refractivity contribution is 6.31. The van der Waals surface area contributed by atoms with Gasteiger partial charge in [0.2, 0.25) is 0 Å². The van der Waals surface area contributed by atoms with Crippen molar-refractivity contribution in [3.63, 3.8) is 0 Å². The lowest BCUT2D eigenvalue weighted by atomic mass is 10.2. The summed E-state index contributed by atoms with van der Waals surface area (Å²) in [5, 5.41) is 3.61. The first-order chi connectivity index (χ1) is 9.45. The van der Waals surface area contributed by atoms with Crippen LogP contribution in [0.2, 0.25) is 5.02 Å². The summed E-state index contributed by atoms with van der Waals surface area (Å²) in [6.07, 6.45) is 0.406. The van der Waals surface area contributed by atoms with Gasteiger partial charge in [0, 0.05) is 10.7 Å². The highest BCUT2D eigenvalue weighted by Gasteiger charge is 2.27. The maximum Gasteiger partial charge on any atom is 0.279 e. The van der Waals surface area contributed by atoms with Crippen LogP contribution in [0.1, 0.15) is 19.4 Å². The summed E-state index contributed by atoms with van der Waals surface area (Å²) in [6.45, 7) is 8.20. The summed E-state index contributed by atoms with van der Waals surface area (Å²) in [7, 11) is 0. The predicted molar refractivity (Wildman–Crippen MR) is 80.4 cm³/mol. The SMILES string of the molecule is Cc1c(Cl)cccc1NC(=O)C[NH+]1C[C@@H](C)O[C@H](C)C1. The van der Waals surface area contributed by atoms with Gasteiger partial charge in [-0.1, -0.05) is 17.7 Å². The van der Waals surface area contributed by atoms with Crippen LogP contribution in [-0.4, -0.2) is 37.7 Å². The fraction of sp³-hybridized carbons (Fsp3) is 0.533. The van der Waals surface area contributed by atoms with E-state index in [-0.39, 0.29) is 18.1 Å². The van der Waals surface area contributed by atoms with Gasteiger partial charge in [-0.3, -0.25) is 4.79 Å². The predicted octanol–water partition coefficient (Wildman–Crippen LogP) is 1.28. The highest BCUT2D eigenvalue weighted by atomic mass is 35.5. The largest absolute Gasteiger partial charge is 0.364 e. The van der Waals surface area contributed by atoms with Gasteiger partial charge in [0.15, 0.2) is 6.54 Å². The summed E-state index contributed by atoms with van der Waals surface area (Å²) in [5.41, 5.74) is 1.69. The number of benzene rings is 1. The molecule has 1 aliphatic rings. The van der Waals surface area contributed by atoms with Gasteiger partial charge < -0.3 is 15.0 Å². The second-order valence-corrected chi connectivity index (χ2v) is 5.96. The molecule has 1 amide bonds. The number of ether oxygens (including phenoxy) is 1. The van der Waals surface area contributed by atoms with Crippen LogP contribution in [0.3, 0.4) is 0 Å². The normalized spacial score (nSPS) is 26.3. The summed E-state index contributed by atoms with van der Waals surface area (Å²) in [4.78, 5) is 13.4. The molecular formula is C15H22ClN2O2+. The monoisotopic (exact) mass is 297 g/mol. The second-order valence-electron chi connectivity index (χ2n) is 5.55. The molecule has 1 aliphatic heterocycles. The Morgan fingerprint density at radius 3 is 2.70 bits per heavy atom. The summed E-state index contributed by atoms with van der Waals surface area (Å²) < 4.78 is 5.68. The molecular weight excluding hydrogens is 276 g/mol. The quantitative estimate of drug-likeness (QED) is 0.883. The van der Waals surface area contributed by atoms with Gasteiger partial charge >= 0.3 is 0 Å². The Balaban J connectivity index is 1.94. The van der Waals surface area contributed by atoms with Crippen LogP contribution in [0.4, 0.5) is 5.69 Å². The van der Waals surface area contributed by atoms with Crippen molar-refractivity contribution in [1.29, 1.82) is 0 Å². The lowest BCUT2D eigenvalue weighted by molar-refractivity contribution is -0.907. The van der Waals surface area contributed by atoms with Crippen molar-refractivity contribution in [2.75, 3.05) is 25.0 Å². The third kappa shape index (κ3) is 3.95. The standard InChI is InChI=1S/C15H21ClN2O2/c1-10-7-18(8-11(2)20-10)9-15(19)17-14-6-4-5-13(16)12(14)3/h4-6,10-11H,7-9H2,1-3H3,(H,17,19)/p+1/t10-,11-/m1/s1. The molecule has 2 N–H and O–H groups in total. The number of nitrogens with one attached hydrogen (secondary N) is 2. The van der Waals surface area contributed by atoms with E-state index in [0.717, 1.165) is 24.3 Å². The summed E-state index contributed by atoms with van der Waals surface area (Å²) in [5.74, 6) is 0.0201. The number of quaternary nitrogens is 1. The zero-order valence-electron chi connectivity index (χ0n) is 12.2. The van der Waals surface area contributed by atoms with Gasteiger partial charge in [0.05, 0.1) is 0 Å². The molecule has 1 aromatic carbocycles. The summed E-state index contributed by atoms with van der Waals surface area (Å²) >= 11 is 6.05. The first kappa shape index (κ1) is 15.3. The maximum atomic E-state index is 12.1. The molecule has 1 fully saturated rings. The van der Waals surface area contributed by atoms with E-state index < -0.39 is 0 Å². The molecule has 1 heterocycles. The molecule has 0 saturated carbocycles. The molecule has 0 spiro atoms. The minimum atomic E-state index is 0.0201. The number of hydrogen-bond donors (Lipinski definition) is 2. The van der Waals surface area contributed by atoms with Gasteiger partial charge in [-0.2, -0.15) is 0 Å². The Hall–Kier alpha value is -1.10. The van der Waals surface area contributed by atoms with Crippen molar-refractivity contribution in [2.24, 2.45) is 0 Å². The molecule has 0 aromatic heterocycles. The van der Waals surface area contributed by atoms with Gasteiger partial charge in [-0.25, -0.2) is 0 Å². The topological polar surface area (TPSA) is 42.8 Å². The molecule has 2 atom stereocenters. The van der Waals surface area contributed by atoms with E-state index in [1.54, 1.807) is 0 Å². The molecule has 2 rings (SSSR count). The molecule has 1 aromatic rings. The van der Waals surface area contributed by atoms with Crippen LogP contribution in [0.15, 0.2) is 18.2 Å². The van der Waals surface area contributed by atoms with Crippen molar-refractivity contribution in [2.45, 2.75) is 33.0 Å². The Labute approximate surface area is 125 Å². The van der Waals surface area contributed by atoms with Gasteiger partial charge in [-0.15, -0.1) is 0 Å². The number of carbonyl (C=O) groups is 1. The van der Waals surface area contributed by atoms with E-state index in [9.17, 15) is 4.79 Å². The molecule has 0 aliphatic carbocycles. The number of amides is 1. The molecule has 4 nitrogen and oxygen atoms in total. The fourth-order valence-electron chi connectivity index (χ4n) is 2.70. The summed E-state index contributed by atoms with van der Waals surface area (Å²) in [6, 6.07) is 5.54. The Morgan fingerprint density at radius 1 is 1.40 bits per heavy atom. The third-order valence-electron chi connectivity index (χ3n) is 3.57. The van der Waals surface area contributed by atoms with Crippen LogP contribution in [0.25, 0.3) is 0 Å². The van der Waals surface area contributed by atoms with Crippen LogP contribution in [0.5, 0.6) is 0 Å². The van der Waals surface area contributed by atoms with E-state index in [0.29, 0.717) is 11.6 Å². The second kappa shape index (κ2) is 6.57. The first-order valence-electron chi connectivity index (χ1n) is 6.99. The molecule has 0 unspecified atom stereocenters. The van der Waals surface area contributed by atoms with E-state index >= 15 is 0 Å². The van der Waals surface area contributed by atoms with Crippen LogP contribution in [-0.2, 0) is 9.53 Å². The van der Waals surface area contributed by atoms with E-state index in [4.69, 9.17) is 16.3 Å². The van der Waals surface area contributed by atoms with E-state index in [1.165, 1.54) is 4.90 Å². The van der Waals surface area contributed by atoms with Crippen molar-refractivity contribution < 1.29 is 14.4 Å². The maximum absolute atomic E-state index is 12.1. The van der Waals surface area contributed by atoms with Gasteiger partial charge in [-0.05, 0) is 38.5 Å². The number of morpholine rings is 1. The average Bonchev–Trinajstić information content (AvgIpc) is 2.33. The van der Waals surface area contributed by atoms with Crippen molar-refractivity contribution >= 4 is 23.2 Å². The lowest BCUT2D eigenvalue weighted by Crippen LogP contribution is -3.16. The van der Waals surface area contributed by atoms with E-state index in [1.807, 2.05) is 25.1 Å². The number of rotatable bonds is 3. The number of carbonyl (C=O) groups excluding carboxylic acids is 1. The smallest absolute Gasteiger partial charge is 0.279 e. The Bertz CT molecular complexity index is 483. The number of halogens is 1. The van der Waals surface area contributed by atoms with Gasteiger partial charge in [0.25, 0.3) is 5.91 Å². The lowest BCUT2D eigenvalue weighted by Gasteiger charge is -2.31. The van der Waals surface area contributed by atoms with Crippen LogP contribution >= 0.6 is 11.6 Å². The number of anilines is 1. The fourth-order valence-corrected chi connectivity index (χ4v) is 2.87. The van der Waals surface area contributed by atoms with E-state index in [2.05, 4.69) is 19.2 Å². The third-order valence-corrected chi connectivity index (χ3v) is 3.98. The molecule has 5 heteroatoms. The highest BCUT2D eigenvalue weighted by Crippen LogP contribution is 2.22. The molecule has 1 saturated heterocycles. The first-order valence-corrected chi connectivity index (χ1v) is 7.37. The molecule has 110 valence electrons. The zero-order chi connectivity index (χ0) is 14.7. The minimum absolute atomic E-state index is 0.0201. The van der Waals surface area contributed by atoms with Crippen LogP contribution < -0.4 is 10.2 Å². The molecule has 0 bridgehead atoms. The molecule has 20 heavy (non-hydrogen) atoms. The Kier molecular flexibility index (Phi) is 5.02.